The minimum Gasteiger partial charge on any atom is -0.508 e. The van der Waals surface area contributed by atoms with E-state index in [1.807, 2.05) is 31.4 Å². The summed E-state index contributed by atoms with van der Waals surface area (Å²) >= 11 is 0. The normalized spacial score (nSPS) is 10.8. The van der Waals surface area contributed by atoms with Gasteiger partial charge in [-0.2, -0.15) is 0 Å². The summed E-state index contributed by atoms with van der Waals surface area (Å²) in [5, 5.41) is 10.3. The van der Waals surface area contributed by atoms with Crippen LogP contribution in [0, 0.1) is 0 Å². The summed E-state index contributed by atoms with van der Waals surface area (Å²) in [6.45, 7) is 0.464. The van der Waals surface area contributed by atoms with Crippen molar-refractivity contribution >= 4 is 16.6 Å². The van der Waals surface area contributed by atoms with Gasteiger partial charge in [-0.15, -0.1) is 0 Å². The Morgan fingerprint density at radius 2 is 1.90 bits per heavy atom. The summed E-state index contributed by atoms with van der Waals surface area (Å²) in [6.07, 6.45) is 2.05. The number of benzene rings is 2. The highest BCUT2D eigenvalue weighted by molar-refractivity contribution is 5.86. The van der Waals surface area contributed by atoms with Gasteiger partial charge in [0.25, 0.3) is 0 Å². The van der Waals surface area contributed by atoms with Gasteiger partial charge in [-0.1, -0.05) is 0 Å². The van der Waals surface area contributed by atoms with Crippen molar-refractivity contribution in [2.24, 2.45) is 7.05 Å². The van der Waals surface area contributed by atoms with E-state index < -0.39 is 0 Å². The molecule has 102 valence electrons. The third-order valence-electron chi connectivity index (χ3n) is 3.33. The molecule has 0 aliphatic rings. The average molecular weight is 268 g/mol. The first-order valence-electron chi connectivity index (χ1n) is 6.39. The van der Waals surface area contributed by atoms with Crippen molar-refractivity contribution in [1.29, 1.82) is 0 Å². The highest BCUT2D eigenvalue weighted by Crippen LogP contribution is 2.25. The predicted molar refractivity (Wildman–Crippen MR) is 79.8 cm³/mol. The number of aromatic nitrogens is 1. The van der Waals surface area contributed by atoms with E-state index in [-0.39, 0.29) is 5.75 Å². The first-order chi connectivity index (χ1) is 9.63. The highest BCUT2D eigenvalue weighted by atomic mass is 16.5. The Hall–Kier alpha value is -2.62. The van der Waals surface area contributed by atoms with Crippen LogP contribution >= 0.6 is 0 Å². The van der Waals surface area contributed by atoms with Gasteiger partial charge < -0.3 is 20.1 Å². The first-order valence-corrected chi connectivity index (χ1v) is 6.39. The monoisotopic (exact) mass is 268 g/mol. The van der Waals surface area contributed by atoms with Crippen molar-refractivity contribution in [2.45, 2.75) is 6.61 Å². The molecule has 3 rings (SSSR count). The lowest BCUT2D eigenvalue weighted by molar-refractivity contribution is 0.307. The summed E-state index contributed by atoms with van der Waals surface area (Å²) in [5.41, 5.74) is 8.81. The number of nitrogens with zero attached hydrogens (tertiary/aromatic N) is 1. The fourth-order valence-corrected chi connectivity index (χ4v) is 2.31. The Morgan fingerprint density at radius 3 is 2.65 bits per heavy atom. The Balaban J connectivity index is 1.87. The van der Waals surface area contributed by atoms with E-state index in [0.29, 0.717) is 6.61 Å². The molecule has 4 heteroatoms. The van der Waals surface area contributed by atoms with E-state index in [2.05, 4.69) is 4.57 Å². The van der Waals surface area contributed by atoms with Crippen molar-refractivity contribution in [3.63, 3.8) is 0 Å². The number of fused-ring (bicyclic) bond motifs is 1. The van der Waals surface area contributed by atoms with Crippen LogP contribution in [0.15, 0.2) is 48.7 Å². The maximum absolute atomic E-state index is 9.24. The molecule has 4 nitrogen and oxygen atoms in total. The lowest BCUT2D eigenvalue weighted by Crippen LogP contribution is -1.94. The molecule has 0 unspecified atom stereocenters. The number of rotatable bonds is 3. The highest BCUT2D eigenvalue weighted by Gasteiger charge is 2.07. The SMILES string of the molecule is Cn1cc(COc2ccc(O)cc2)c2cc(N)ccc21. The molecule has 0 saturated carbocycles. The number of hydrogen-bond donors (Lipinski definition) is 2. The minimum atomic E-state index is 0.232. The van der Waals surface area contributed by atoms with Gasteiger partial charge in [0.1, 0.15) is 18.1 Å². The zero-order chi connectivity index (χ0) is 14.1. The minimum absolute atomic E-state index is 0.232. The van der Waals surface area contributed by atoms with Crippen molar-refractivity contribution in [1.82, 2.24) is 4.57 Å². The maximum Gasteiger partial charge on any atom is 0.120 e. The lowest BCUT2D eigenvalue weighted by Gasteiger charge is -2.05. The van der Waals surface area contributed by atoms with Gasteiger partial charge in [0.05, 0.1) is 0 Å². The third-order valence-corrected chi connectivity index (χ3v) is 3.33. The number of aryl methyl sites for hydroxylation is 1. The van der Waals surface area contributed by atoms with Crippen molar-refractivity contribution in [3.8, 4) is 11.5 Å². The van der Waals surface area contributed by atoms with Crippen LogP contribution in [0.25, 0.3) is 10.9 Å². The van der Waals surface area contributed by atoms with E-state index in [0.717, 1.165) is 27.9 Å². The van der Waals surface area contributed by atoms with Crippen molar-refractivity contribution < 1.29 is 9.84 Å². The maximum atomic E-state index is 9.24. The number of ether oxygens (including phenoxy) is 1. The van der Waals surface area contributed by atoms with Crippen molar-refractivity contribution in [3.05, 3.63) is 54.2 Å². The molecule has 0 bridgehead atoms. The van der Waals surface area contributed by atoms with E-state index in [1.165, 1.54) is 0 Å². The summed E-state index contributed by atoms with van der Waals surface area (Å²) in [6, 6.07) is 12.6. The molecule has 0 spiro atoms. The molecule has 0 saturated heterocycles. The zero-order valence-electron chi connectivity index (χ0n) is 11.2. The topological polar surface area (TPSA) is 60.4 Å². The van der Waals surface area contributed by atoms with Gasteiger partial charge in [0.2, 0.25) is 0 Å². The van der Waals surface area contributed by atoms with Crippen molar-refractivity contribution in [2.75, 3.05) is 5.73 Å². The Kier molecular flexibility index (Phi) is 2.99. The zero-order valence-corrected chi connectivity index (χ0v) is 11.2. The van der Waals surface area contributed by atoms with Gasteiger partial charge in [0, 0.05) is 35.4 Å². The lowest BCUT2D eigenvalue weighted by atomic mass is 10.1. The number of hydrogen-bond acceptors (Lipinski definition) is 3. The van der Waals surface area contributed by atoms with E-state index >= 15 is 0 Å². The number of phenols is 1. The van der Waals surface area contributed by atoms with Gasteiger partial charge in [0.15, 0.2) is 0 Å². The summed E-state index contributed by atoms with van der Waals surface area (Å²) in [5.74, 6) is 0.957. The van der Waals surface area contributed by atoms with E-state index in [1.54, 1.807) is 24.3 Å². The second-order valence-corrected chi connectivity index (χ2v) is 4.82. The predicted octanol–water partition coefficient (Wildman–Crippen LogP) is 3.05. The molecular weight excluding hydrogens is 252 g/mol. The third kappa shape index (κ3) is 2.28. The Bertz CT molecular complexity index is 745. The molecule has 0 aliphatic heterocycles. The molecular formula is C16H16N2O2. The summed E-state index contributed by atoms with van der Waals surface area (Å²) in [7, 11) is 2.00. The fraction of sp³-hybridized carbons (Fsp3) is 0.125. The van der Waals surface area contributed by atoms with Crippen LogP contribution in [0.2, 0.25) is 0 Å². The molecule has 20 heavy (non-hydrogen) atoms. The molecule has 1 aromatic heterocycles. The second-order valence-electron chi connectivity index (χ2n) is 4.82. The summed E-state index contributed by atoms with van der Waals surface area (Å²) < 4.78 is 7.80. The first kappa shape index (κ1) is 12.4. The standard InChI is InChI=1S/C16H16N2O2/c1-18-9-11(15-8-12(17)2-7-16(15)18)10-20-14-5-3-13(19)4-6-14/h2-9,19H,10,17H2,1H3. The van der Waals surface area contributed by atoms with Gasteiger partial charge in [-0.3, -0.25) is 0 Å². The number of anilines is 1. The second kappa shape index (κ2) is 4.81. The smallest absolute Gasteiger partial charge is 0.120 e. The molecule has 3 N–H and O–H groups in total. The number of nitrogen functional groups attached to an aromatic ring is 1. The fourth-order valence-electron chi connectivity index (χ4n) is 2.31. The van der Waals surface area contributed by atoms with Crippen LogP contribution < -0.4 is 10.5 Å². The molecule has 3 aromatic rings. The molecule has 0 fully saturated rings. The number of phenolic OH excluding ortho intramolecular Hbond substituents is 1. The quantitative estimate of drug-likeness (QED) is 0.718. The van der Waals surface area contributed by atoms with Crippen LogP contribution in [-0.4, -0.2) is 9.67 Å². The largest absolute Gasteiger partial charge is 0.508 e. The van der Waals surface area contributed by atoms with Crippen LogP contribution in [-0.2, 0) is 13.7 Å². The Labute approximate surface area is 117 Å². The number of nitrogens with two attached hydrogens (primary N) is 1. The molecule has 0 amide bonds. The average Bonchev–Trinajstić information content (AvgIpc) is 2.74. The van der Waals surface area contributed by atoms with E-state index in [9.17, 15) is 5.11 Å². The number of aromatic hydroxyl groups is 1. The molecule has 2 aromatic carbocycles. The van der Waals surface area contributed by atoms with Gasteiger partial charge in [-0.05, 0) is 42.5 Å². The van der Waals surface area contributed by atoms with Crippen LogP contribution in [0.3, 0.4) is 0 Å². The molecule has 1 heterocycles. The van der Waals surface area contributed by atoms with Crippen LogP contribution in [0.4, 0.5) is 5.69 Å². The van der Waals surface area contributed by atoms with Crippen LogP contribution in [0.1, 0.15) is 5.56 Å². The molecule has 0 radical (unpaired) electrons. The van der Waals surface area contributed by atoms with Gasteiger partial charge >= 0.3 is 0 Å². The summed E-state index contributed by atoms with van der Waals surface area (Å²) in [4.78, 5) is 0. The van der Waals surface area contributed by atoms with Crippen LogP contribution in [0.5, 0.6) is 11.5 Å². The van der Waals surface area contributed by atoms with E-state index in [4.69, 9.17) is 10.5 Å². The Morgan fingerprint density at radius 1 is 1.15 bits per heavy atom. The molecule has 0 aliphatic carbocycles. The molecule has 0 atom stereocenters. The van der Waals surface area contributed by atoms with Gasteiger partial charge in [-0.25, -0.2) is 0 Å².